The van der Waals surface area contributed by atoms with Crippen LogP contribution < -0.4 is 4.74 Å². The lowest BCUT2D eigenvalue weighted by Crippen LogP contribution is -2.34. The van der Waals surface area contributed by atoms with Gasteiger partial charge in [-0.2, -0.15) is 0 Å². The van der Waals surface area contributed by atoms with Crippen molar-refractivity contribution in [2.45, 2.75) is 13.8 Å². The molecule has 17 heavy (non-hydrogen) atoms. The smallest absolute Gasteiger partial charge is 0.260 e. The molecule has 0 unspecified atom stereocenters. The molecule has 0 heterocycles. The third-order valence-corrected chi connectivity index (χ3v) is 3.02. The van der Waals surface area contributed by atoms with Crippen molar-refractivity contribution in [1.29, 1.82) is 0 Å². The van der Waals surface area contributed by atoms with Gasteiger partial charge in [-0.3, -0.25) is 4.79 Å². The molecule has 0 bridgehead atoms. The molecule has 0 atom stereocenters. The molecule has 0 saturated carbocycles. The van der Waals surface area contributed by atoms with Gasteiger partial charge in [-0.05, 0) is 41.9 Å². The predicted octanol–water partition coefficient (Wildman–Crippen LogP) is 2.84. The minimum atomic E-state index is -0.390. The van der Waals surface area contributed by atoms with Crippen molar-refractivity contribution in [3.8, 4) is 5.75 Å². The van der Waals surface area contributed by atoms with Crippen molar-refractivity contribution in [3.05, 3.63) is 28.5 Å². The van der Waals surface area contributed by atoms with Gasteiger partial charge in [-0.1, -0.05) is 0 Å². The highest BCUT2D eigenvalue weighted by molar-refractivity contribution is 9.10. The average molecular weight is 304 g/mol. The van der Waals surface area contributed by atoms with Crippen molar-refractivity contribution in [1.82, 2.24) is 4.90 Å². The first-order valence-corrected chi connectivity index (χ1v) is 6.23. The van der Waals surface area contributed by atoms with Gasteiger partial charge in [0, 0.05) is 19.2 Å². The second-order valence-corrected chi connectivity index (χ2v) is 4.28. The zero-order chi connectivity index (χ0) is 12.8. The Bertz CT molecular complexity index is 394. The van der Waals surface area contributed by atoms with E-state index in [4.69, 9.17) is 4.74 Å². The second kappa shape index (κ2) is 6.59. The average Bonchev–Trinajstić information content (AvgIpc) is 2.32. The largest absolute Gasteiger partial charge is 0.482 e. The highest BCUT2D eigenvalue weighted by atomic mass is 79.9. The number of halogens is 2. The van der Waals surface area contributed by atoms with Crippen LogP contribution in [0.5, 0.6) is 5.75 Å². The molecule has 0 spiro atoms. The number of carbonyl (C=O) groups is 1. The molecular formula is C12H15BrFNO2. The Labute approximate surface area is 109 Å². The quantitative estimate of drug-likeness (QED) is 0.837. The summed E-state index contributed by atoms with van der Waals surface area (Å²) >= 11 is 3.24. The fourth-order valence-corrected chi connectivity index (χ4v) is 1.76. The Balaban J connectivity index is 2.61. The standard InChI is InChI=1S/C12H15BrFNO2/c1-3-15(4-2)12(16)8-17-11-7-9(14)5-6-10(11)13/h5-7H,3-4,8H2,1-2H3. The van der Waals surface area contributed by atoms with Gasteiger partial charge in [0.15, 0.2) is 6.61 Å². The van der Waals surface area contributed by atoms with Crippen molar-refractivity contribution in [2.24, 2.45) is 0 Å². The normalized spacial score (nSPS) is 10.1. The fourth-order valence-electron chi connectivity index (χ4n) is 1.39. The van der Waals surface area contributed by atoms with Gasteiger partial charge in [-0.25, -0.2) is 4.39 Å². The van der Waals surface area contributed by atoms with Gasteiger partial charge in [0.2, 0.25) is 0 Å². The predicted molar refractivity (Wildman–Crippen MR) is 67.5 cm³/mol. The minimum Gasteiger partial charge on any atom is -0.482 e. The molecule has 5 heteroatoms. The van der Waals surface area contributed by atoms with Crippen molar-refractivity contribution in [3.63, 3.8) is 0 Å². The third kappa shape index (κ3) is 4.00. The van der Waals surface area contributed by atoms with E-state index in [0.29, 0.717) is 23.3 Å². The zero-order valence-electron chi connectivity index (χ0n) is 9.87. The first-order chi connectivity index (χ1) is 8.08. The van der Waals surface area contributed by atoms with Crippen LogP contribution in [-0.2, 0) is 4.79 Å². The molecule has 1 rings (SSSR count). The lowest BCUT2D eigenvalue weighted by molar-refractivity contribution is -0.132. The summed E-state index contributed by atoms with van der Waals surface area (Å²) in [4.78, 5) is 13.3. The van der Waals surface area contributed by atoms with E-state index in [1.165, 1.54) is 12.1 Å². The number of hydrogen-bond donors (Lipinski definition) is 0. The van der Waals surface area contributed by atoms with Crippen LogP contribution in [0, 0.1) is 5.82 Å². The lowest BCUT2D eigenvalue weighted by Gasteiger charge is -2.18. The number of likely N-dealkylation sites (N-methyl/N-ethyl adjacent to an activating group) is 1. The molecule has 0 radical (unpaired) electrons. The molecule has 1 amide bonds. The molecule has 94 valence electrons. The summed E-state index contributed by atoms with van der Waals surface area (Å²) in [6.07, 6.45) is 0. The molecule has 0 saturated heterocycles. The highest BCUT2D eigenvalue weighted by Gasteiger charge is 2.11. The lowest BCUT2D eigenvalue weighted by atomic mass is 10.3. The number of hydrogen-bond acceptors (Lipinski definition) is 2. The highest BCUT2D eigenvalue weighted by Crippen LogP contribution is 2.25. The monoisotopic (exact) mass is 303 g/mol. The summed E-state index contributed by atoms with van der Waals surface area (Å²) in [5.41, 5.74) is 0. The molecule has 0 aliphatic carbocycles. The van der Waals surface area contributed by atoms with Gasteiger partial charge in [0.05, 0.1) is 4.47 Å². The Morgan fingerprint density at radius 2 is 2.06 bits per heavy atom. The summed E-state index contributed by atoms with van der Waals surface area (Å²) in [5, 5.41) is 0. The number of ether oxygens (including phenoxy) is 1. The summed E-state index contributed by atoms with van der Waals surface area (Å²) in [6, 6.07) is 4.12. The summed E-state index contributed by atoms with van der Waals surface area (Å²) < 4.78 is 18.9. The van der Waals surface area contributed by atoms with E-state index in [-0.39, 0.29) is 12.5 Å². The molecular weight excluding hydrogens is 289 g/mol. The first-order valence-electron chi connectivity index (χ1n) is 5.44. The summed E-state index contributed by atoms with van der Waals surface area (Å²) in [6.45, 7) is 5.01. The number of rotatable bonds is 5. The summed E-state index contributed by atoms with van der Waals surface area (Å²) in [5.74, 6) is -0.157. The fraction of sp³-hybridized carbons (Fsp3) is 0.417. The van der Waals surface area contributed by atoms with Gasteiger partial charge >= 0.3 is 0 Å². The minimum absolute atomic E-state index is 0.0796. The number of benzene rings is 1. The maximum Gasteiger partial charge on any atom is 0.260 e. The maximum absolute atomic E-state index is 13.0. The molecule has 1 aromatic rings. The van der Waals surface area contributed by atoms with Crippen LogP contribution in [0.4, 0.5) is 4.39 Å². The van der Waals surface area contributed by atoms with E-state index in [1.54, 1.807) is 11.0 Å². The van der Waals surface area contributed by atoms with Gasteiger partial charge in [-0.15, -0.1) is 0 Å². The van der Waals surface area contributed by atoms with E-state index < -0.39 is 5.82 Å². The molecule has 0 N–H and O–H groups in total. The Kier molecular flexibility index (Phi) is 5.41. The van der Waals surface area contributed by atoms with Crippen LogP contribution in [0.1, 0.15) is 13.8 Å². The Hall–Kier alpha value is -1.10. The molecule has 1 aromatic carbocycles. The Morgan fingerprint density at radius 1 is 1.41 bits per heavy atom. The number of carbonyl (C=O) groups excluding carboxylic acids is 1. The molecule has 0 aliphatic rings. The SMILES string of the molecule is CCN(CC)C(=O)COc1cc(F)ccc1Br. The van der Waals surface area contributed by atoms with Crippen LogP contribution in [-0.4, -0.2) is 30.5 Å². The van der Waals surface area contributed by atoms with Gasteiger partial charge < -0.3 is 9.64 Å². The Morgan fingerprint density at radius 3 is 2.65 bits per heavy atom. The molecule has 0 aliphatic heterocycles. The van der Waals surface area contributed by atoms with Crippen molar-refractivity contribution >= 4 is 21.8 Å². The van der Waals surface area contributed by atoms with Crippen LogP contribution in [0.3, 0.4) is 0 Å². The molecule has 0 fully saturated rings. The van der Waals surface area contributed by atoms with E-state index in [1.807, 2.05) is 13.8 Å². The third-order valence-electron chi connectivity index (χ3n) is 2.36. The first kappa shape index (κ1) is 14.0. The number of amides is 1. The van der Waals surface area contributed by atoms with E-state index in [2.05, 4.69) is 15.9 Å². The molecule has 3 nitrogen and oxygen atoms in total. The zero-order valence-corrected chi connectivity index (χ0v) is 11.5. The van der Waals surface area contributed by atoms with Crippen LogP contribution in [0.25, 0.3) is 0 Å². The van der Waals surface area contributed by atoms with Crippen LogP contribution in [0.15, 0.2) is 22.7 Å². The van der Waals surface area contributed by atoms with Crippen molar-refractivity contribution in [2.75, 3.05) is 19.7 Å². The van der Waals surface area contributed by atoms with Crippen LogP contribution >= 0.6 is 15.9 Å². The maximum atomic E-state index is 13.0. The number of nitrogens with zero attached hydrogens (tertiary/aromatic N) is 1. The van der Waals surface area contributed by atoms with Crippen molar-refractivity contribution < 1.29 is 13.9 Å². The van der Waals surface area contributed by atoms with E-state index >= 15 is 0 Å². The van der Waals surface area contributed by atoms with Crippen LogP contribution in [0.2, 0.25) is 0 Å². The van der Waals surface area contributed by atoms with E-state index in [0.717, 1.165) is 0 Å². The summed E-state index contributed by atoms with van der Waals surface area (Å²) in [7, 11) is 0. The topological polar surface area (TPSA) is 29.5 Å². The second-order valence-electron chi connectivity index (χ2n) is 3.43. The molecule has 0 aromatic heterocycles. The van der Waals surface area contributed by atoms with Gasteiger partial charge in [0.1, 0.15) is 11.6 Å². The van der Waals surface area contributed by atoms with E-state index in [9.17, 15) is 9.18 Å². The van der Waals surface area contributed by atoms with Gasteiger partial charge in [0.25, 0.3) is 5.91 Å².